The Bertz CT molecular complexity index is 576. The number of nitrogens with one attached hydrogen (secondary N) is 2. The van der Waals surface area contributed by atoms with Gasteiger partial charge in [0, 0.05) is 27.1 Å². The molecule has 0 spiro atoms. The quantitative estimate of drug-likeness (QED) is 0.853. The van der Waals surface area contributed by atoms with Crippen LogP contribution in [0.3, 0.4) is 0 Å². The molecule has 2 aromatic rings. The van der Waals surface area contributed by atoms with Crippen molar-refractivity contribution in [1.29, 1.82) is 0 Å². The fraction of sp³-hybridized carbons (Fsp3) is 0.429. The fourth-order valence-electron chi connectivity index (χ4n) is 2.17. The molecular formula is C14H20N4O. The van der Waals surface area contributed by atoms with Crippen LogP contribution in [0.1, 0.15) is 25.2 Å². The summed E-state index contributed by atoms with van der Waals surface area (Å²) in [5.41, 5.74) is 2.12. The Morgan fingerprint density at radius 2 is 2.16 bits per heavy atom. The van der Waals surface area contributed by atoms with Crippen molar-refractivity contribution in [3.8, 4) is 0 Å². The van der Waals surface area contributed by atoms with Crippen LogP contribution in [-0.4, -0.2) is 29.1 Å². The zero-order chi connectivity index (χ0) is 13.8. The number of carbonyl (C=O) groups excluding carboxylic acids is 1. The number of hydrogen-bond acceptors (Lipinski definition) is 3. The van der Waals surface area contributed by atoms with Crippen molar-refractivity contribution in [1.82, 2.24) is 20.2 Å². The maximum atomic E-state index is 11.2. The van der Waals surface area contributed by atoms with Crippen LogP contribution in [0.5, 0.6) is 0 Å². The third kappa shape index (κ3) is 2.93. The summed E-state index contributed by atoms with van der Waals surface area (Å²) in [5, 5.41) is 5.93. The molecule has 5 nitrogen and oxygen atoms in total. The van der Waals surface area contributed by atoms with E-state index in [1.54, 1.807) is 7.05 Å². The molecule has 2 rings (SSSR count). The molecule has 0 saturated heterocycles. The number of aryl methyl sites for hydroxylation is 1. The predicted octanol–water partition coefficient (Wildman–Crippen LogP) is 1.36. The molecule has 0 fully saturated rings. The number of para-hydroxylation sites is 2. The van der Waals surface area contributed by atoms with Crippen LogP contribution in [0.2, 0.25) is 0 Å². The van der Waals surface area contributed by atoms with Crippen molar-refractivity contribution in [2.75, 3.05) is 13.6 Å². The van der Waals surface area contributed by atoms with Crippen LogP contribution in [0.4, 0.5) is 0 Å². The lowest BCUT2D eigenvalue weighted by atomic mass is 10.3. The smallest absolute Gasteiger partial charge is 0.221 e. The minimum absolute atomic E-state index is 0.0460. The molecule has 0 radical (unpaired) electrons. The minimum Gasteiger partial charge on any atom is -0.359 e. The molecule has 1 unspecified atom stereocenters. The van der Waals surface area contributed by atoms with Crippen molar-refractivity contribution < 1.29 is 4.79 Å². The first kappa shape index (κ1) is 13.5. The van der Waals surface area contributed by atoms with Gasteiger partial charge in [0.25, 0.3) is 0 Å². The highest BCUT2D eigenvalue weighted by Crippen LogP contribution is 2.18. The molecule has 19 heavy (non-hydrogen) atoms. The van der Waals surface area contributed by atoms with E-state index in [1.165, 1.54) is 0 Å². The number of nitrogens with zero attached hydrogens (tertiary/aromatic N) is 2. The van der Waals surface area contributed by atoms with E-state index in [-0.39, 0.29) is 11.9 Å². The zero-order valence-corrected chi connectivity index (χ0v) is 11.6. The highest BCUT2D eigenvalue weighted by Gasteiger charge is 2.13. The largest absolute Gasteiger partial charge is 0.359 e. The van der Waals surface area contributed by atoms with Gasteiger partial charge in [0.05, 0.1) is 17.1 Å². The molecule has 0 saturated carbocycles. The monoisotopic (exact) mass is 260 g/mol. The van der Waals surface area contributed by atoms with Crippen LogP contribution in [0.15, 0.2) is 24.3 Å². The normalized spacial score (nSPS) is 12.6. The topological polar surface area (TPSA) is 59.0 Å². The summed E-state index contributed by atoms with van der Waals surface area (Å²) < 4.78 is 2.09. The molecule has 0 bridgehead atoms. The van der Waals surface area contributed by atoms with E-state index in [1.807, 2.05) is 25.2 Å². The predicted molar refractivity (Wildman–Crippen MR) is 75.8 cm³/mol. The Hall–Kier alpha value is -1.88. The lowest BCUT2D eigenvalue weighted by molar-refractivity contribution is -0.120. The van der Waals surface area contributed by atoms with E-state index >= 15 is 0 Å². The number of aromatic nitrogens is 2. The maximum absolute atomic E-state index is 11.2. The molecule has 5 heteroatoms. The molecule has 2 N–H and O–H groups in total. The van der Waals surface area contributed by atoms with Crippen LogP contribution < -0.4 is 10.6 Å². The van der Waals surface area contributed by atoms with Crippen molar-refractivity contribution in [3.05, 3.63) is 30.1 Å². The van der Waals surface area contributed by atoms with Crippen molar-refractivity contribution in [3.63, 3.8) is 0 Å². The van der Waals surface area contributed by atoms with Gasteiger partial charge in [0.1, 0.15) is 5.82 Å². The number of rotatable bonds is 5. The first-order valence-electron chi connectivity index (χ1n) is 6.48. The summed E-state index contributed by atoms with van der Waals surface area (Å²) in [6, 6.07) is 8.18. The number of amides is 1. The first-order valence-corrected chi connectivity index (χ1v) is 6.48. The summed E-state index contributed by atoms with van der Waals surface area (Å²) in [7, 11) is 3.67. The molecule has 102 valence electrons. The number of fused-ring (bicyclic) bond motifs is 1. The third-order valence-corrected chi connectivity index (χ3v) is 3.29. The van der Waals surface area contributed by atoms with Gasteiger partial charge in [-0.3, -0.25) is 4.79 Å². The summed E-state index contributed by atoms with van der Waals surface area (Å²) in [5.74, 6) is 1.03. The van der Waals surface area contributed by atoms with Gasteiger partial charge in [-0.05, 0) is 19.1 Å². The van der Waals surface area contributed by atoms with Crippen molar-refractivity contribution in [2.45, 2.75) is 19.4 Å². The Morgan fingerprint density at radius 1 is 1.42 bits per heavy atom. The van der Waals surface area contributed by atoms with Gasteiger partial charge in [-0.15, -0.1) is 0 Å². The highest BCUT2D eigenvalue weighted by molar-refractivity contribution is 5.76. The standard InChI is InChI=1S/C14H20N4O/c1-10(16-9-8-13(19)15-2)14-17-11-6-4-5-7-12(11)18(14)3/h4-7,10,16H,8-9H2,1-3H3,(H,15,19). The lowest BCUT2D eigenvalue weighted by Crippen LogP contribution is -2.27. The third-order valence-electron chi connectivity index (χ3n) is 3.29. The van der Waals surface area contributed by atoms with Crippen molar-refractivity contribution in [2.24, 2.45) is 7.05 Å². The number of hydrogen-bond donors (Lipinski definition) is 2. The van der Waals surface area contributed by atoms with Crippen molar-refractivity contribution >= 4 is 16.9 Å². The Labute approximate surface area is 113 Å². The SMILES string of the molecule is CNC(=O)CCNC(C)c1nc2ccccc2n1C. The van der Waals surface area contributed by atoms with E-state index in [0.717, 1.165) is 16.9 Å². The Balaban J connectivity index is 2.07. The lowest BCUT2D eigenvalue weighted by Gasteiger charge is -2.13. The van der Waals surface area contributed by atoms with Crippen LogP contribution in [0, 0.1) is 0 Å². The number of imidazole rings is 1. The maximum Gasteiger partial charge on any atom is 0.221 e. The average molecular weight is 260 g/mol. The Kier molecular flexibility index (Phi) is 4.16. The van der Waals surface area contributed by atoms with E-state index in [2.05, 4.69) is 33.2 Å². The van der Waals surface area contributed by atoms with Gasteiger partial charge >= 0.3 is 0 Å². The zero-order valence-electron chi connectivity index (χ0n) is 11.6. The second kappa shape index (κ2) is 5.84. The molecule has 1 heterocycles. The van der Waals surface area contributed by atoms with E-state index in [0.29, 0.717) is 13.0 Å². The molecule has 1 aromatic heterocycles. The summed E-state index contributed by atoms with van der Waals surface area (Å²) in [6.45, 7) is 2.70. The molecule has 1 atom stereocenters. The molecule has 0 aliphatic rings. The molecular weight excluding hydrogens is 240 g/mol. The minimum atomic E-state index is 0.0460. The number of carbonyl (C=O) groups is 1. The molecule has 1 amide bonds. The van der Waals surface area contributed by atoms with Crippen LogP contribution in [-0.2, 0) is 11.8 Å². The first-order chi connectivity index (χ1) is 9.13. The van der Waals surface area contributed by atoms with Gasteiger partial charge in [0.2, 0.25) is 5.91 Å². The van der Waals surface area contributed by atoms with Crippen LogP contribution >= 0.6 is 0 Å². The Morgan fingerprint density at radius 3 is 2.84 bits per heavy atom. The summed E-state index contributed by atoms with van der Waals surface area (Å²) in [6.07, 6.45) is 0.477. The summed E-state index contributed by atoms with van der Waals surface area (Å²) in [4.78, 5) is 15.8. The van der Waals surface area contributed by atoms with E-state index in [9.17, 15) is 4.79 Å². The second-order valence-electron chi connectivity index (χ2n) is 4.62. The van der Waals surface area contributed by atoms with Gasteiger partial charge in [-0.25, -0.2) is 4.98 Å². The van der Waals surface area contributed by atoms with Crippen LogP contribution in [0.25, 0.3) is 11.0 Å². The number of benzene rings is 1. The fourth-order valence-corrected chi connectivity index (χ4v) is 2.17. The second-order valence-corrected chi connectivity index (χ2v) is 4.62. The molecule has 1 aromatic carbocycles. The van der Waals surface area contributed by atoms with Gasteiger partial charge in [0.15, 0.2) is 0 Å². The molecule has 0 aliphatic carbocycles. The van der Waals surface area contributed by atoms with E-state index < -0.39 is 0 Å². The summed E-state index contributed by atoms with van der Waals surface area (Å²) >= 11 is 0. The van der Waals surface area contributed by atoms with Gasteiger partial charge < -0.3 is 15.2 Å². The molecule has 0 aliphatic heterocycles. The average Bonchev–Trinajstić information content (AvgIpc) is 2.76. The van der Waals surface area contributed by atoms with Gasteiger partial charge in [-0.2, -0.15) is 0 Å². The van der Waals surface area contributed by atoms with E-state index in [4.69, 9.17) is 0 Å². The highest BCUT2D eigenvalue weighted by atomic mass is 16.1. The van der Waals surface area contributed by atoms with Gasteiger partial charge in [-0.1, -0.05) is 12.1 Å².